The molecular formula is C24H17ClN2O5S. The fourth-order valence-corrected chi connectivity index (χ4v) is 4.07. The van der Waals surface area contributed by atoms with E-state index in [1.807, 2.05) is 0 Å². The highest BCUT2D eigenvalue weighted by atomic mass is 35.5. The summed E-state index contributed by atoms with van der Waals surface area (Å²) in [6, 6.07) is 20.3. The van der Waals surface area contributed by atoms with E-state index in [1.54, 1.807) is 66.7 Å². The van der Waals surface area contributed by atoms with Gasteiger partial charge in [0, 0.05) is 17.2 Å². The van der Waals surface area contributed by atoms with Gasteiger partial charge in [-0.2, -0.15) is 0 Å². The molecule has 0 aromatic heterocycles. The molecule has 0 spiro atoms. The SMILES string of the molecule is O=C1S/C(=C\c2ccc(OCc3ccc([N+](=O)[O-])cc3)cc2)C(=O)N1Cc1ccc(Cl)cc1. The van der Waals surface area contributed by atoms with Crippen molar-refractivity contribution < 1.29 is 19.2 Å². The first-order valence-corrected chi connectivity index (χ1v) is 11.0. The molecule has 1 aliphatic heterocycles. The molecule has 1 saturated heterocycles. The Morgan fingerprint density at radius 2 is 1.58 bits per heavy atom. The fourth-order valence-electron chi connectivity index (χ4n) is 3.10. The van der Waals surface area contributed by atoms with Gasteiger partial charge in [0.05, 0.1) is 16.4 Å². The van der Waals surface area contributed by atoms with Crippen LogP contribution < -0.4 is 4.74 Å². The number of amides is 2. The van der Waals surface area contributed by atoms with E-state index in [0.717, 1.165) is 28.5 Å². The maximum absolute atomic E-state index is 12.7. The Bertz CT molecular complexity index is 1230. The highest BCUT2D eigenvalue weighted by molar-refractivity contribution is 8.18. The molecule has 0 N–H and O–H groups in total. The number of hydrogen-bond donors (Lipinski definition) is 0. The Morgan fingerprint density at radius 3 is 2.21 bits per heavy atom. The molecule has 1 aliphatic rings. The fraction of sp³-hybridized carbons (Fsp3) is 0.0833. The standard InChI is InChI=1S/C24H17ClN2O5S/c25-19-7-1-17(2-8-19)14-26-23(28)22(33-24(26)29)13-16-5-11-21(12-6-16)32-15-18-3-9-20(10-4-18)27(30)31/h1-13H,14-15H2/b22-13-. The Hall–Kier alpha value is -3.62. The molecule has 7 nitrogen and oxygen atoms in total. The van der Waals surface area contributed by atoms with Crippen molar-refractivity contribution in [2.45, 2.75) is 13.2 Å². The van der Waals surface area contributed by atoms with Gasteiger partial charge in [0.15, 0.2) is 0 Å². The zero-order chi connectivity index (χ0) is 23.4. The molecule has 0 bridgehead atoms. The third-order valence-corrected chi connectivity index (χ3v) is 6.02. The minimum atomic E-state index is -0.449. The number of nitrogens with zero attached hydrogens (tertiary/aromatic N) is 2. The summed E-state index contributed by atoms with van der Waals surface area (Å²) in [7, 11) is 0. The molecule has 1 fully saturated rings. The quantitative estimate of drug-likeness (QED) is 0.232. The van der Waals surface area contributed by atoms with Crippen molar-refractivity contribution in [3.63, 3.8) is 0 Å². The van der Waals surface area contributed by atoms with Crippen molar-refractivity contribution in [3.05, 3.63) is 110 Å². The molecular weight excluding hydrogens is 464 g/mol. The number of benzene rings is 3. The summed E-state index contributed by atoms with van der Waals surface area (Å²) < 4.78 is 5.71. The third kappa shape index (κ3) is 5.60. The van der Waals surface area contributed by atoms with Gasteiger partial charge in [0.2, 0.25) is 0 Å². The van der Waals surface area contributed by atoms with Crippen LogP contribution in [-0.2, 0) is 17.9 Å². The van der Waals surface area contributed by atoms with E-state index < -0.39 is 4.92 Å². The normalized spacial score (nSPS) is 14.7. The van der Waals surface area contributed by atoms with Gasteiger partial charge in [-0.25, -0.2) is 0 Å². The topological polar surface area (TPSA) is 89.7 Å². The molecule has 33 heavy (non-hydrogen) atoms. The number of ether oxygens (including phenoxy) is 1. The summed E-state index contributed by atoms with van der Waals surface area (Å²) in [5.74, 6) is 0.278. The molecule has 0 unspecified atom stereocenters. The number of thioether (sulfide) groups is 1. The minimum absolute atomic E-state index is 0.0284. The number of carbonyl (C=O) groups is 2. The van der Waals surface area contributed by atoms with Crippen LogP contribution in [0.3, 0.4) is 0 Å². The minimum Gasteiger partial charge on any atom is -0.489 e. The highest BCUT2D eigenvalue weighted by Gasteiger charge is 2.34. The van der Waals surface area contributed by atoms with Crippen LogP contribution in [0.25, 0.3) is 6.08 Å². The van der Waals surface area contributed by atoms with Crippen LogP contribution in [-0.4, -0.2) is 21.0 Å². The van der Waals surface area contributed by atoms with Crippen molar-refractivity contribution in [2.75, 3.05) is 0 Å². The first-order valence-electron chi connectivity index (χ1n) is 9.85. The summed E-state index contributed by atoms with van der Waals surface area (Å²) >= 11 is 6.79. The first-order chi connectivity index (χ1) is 15.9. The van der Waals surface area contributed by atoms with E-state index in [0.29, 0.717) is 15.7 Å². The molecule has 3 aromatic rings. The number of nitro benzene ring substituents is 1. The average molecular weight is 481 g/mol. The second kappa shape index (κ2) is 9.89. The predicted octanol–water partition coefficient (Wildman–Crippen LogP) is 6.06. The number of carbonyl (C=O) groups excluding carboxylic acids is 2. The summed E-state index contributed by atoms with van der Waals surface area (Å²) in [5.41, 5.74) is 2.41. The van der Waals surface area contributed by atoms with Gasteiger partial charge in [-0.15, -0.1) is 0 Å². The summed E-state index contributed by atoms with van der Waals surface area (Å²) in [4.78, 5) is 36.9. The number of nitro groups is 1. The lowest BCUT2D eigenvalue weighted by atomic mass is 10.2. The van der Waals surface area contributed by atoms with E-state index in [9.17, 15) is 19.7 Å². The average Bonchev–Trinajstić information content (AvgIpc) is 3.07. The van der Waals surface area contributed by atoms with Gasteiger partial charge >= 0.3 is 0 Å². The van der Waals surface area contributed by atoms with Crippen molar-refractivity contribution in [1.29, 1.82) is 0 Å². The van der Waals surface area contributed by atoms with Crippen LogP contribution in [0.15, 0.2) is 77.7 Å². The lowest BCUT2D eigenvalue weighted by Gasteiger charge is -2.12. The molecule has 3 aromatic carbocycles. The Labute approximate surface area is 198 Å². The zero-order valence-electron chi connectivity index (χ0n) is 17.1. The van der Waals surface area contributed by atoms with Crippen molar-refractivity contribution in [2.24, 2.45) is 0 Å². The van der Waals surface area contributed by atoms with Crippen LogP contribution in [0.4, 0.5) is 10.5 Å². The summed E-state index contributed by atoms with van der Waals surface area (Å²) in [6.45, 7) is 0.454. The number of imide groups is 1. The second-order valence-corrected chi connectivity index (χ2v) is 8.61. The smallest absolute Gasteiger partial charge is 0.293 e. The highest BCUT2D eigenvalue weighted by Crippen LogP contribution is 2.33. The predicted molar refractivity (Wildman–Crippen MR) is 127 cm³/mol. The van der Waals surface area contributed by atoms with Gasteiger partial charge in [-0.05, 0) is 70.9 Å². The molecule has 0 radical (unpaired) electrons. The molecule has 0 aliphatic carbocycles. The molecule has 1 heterocycles. The number of halogens is 1. The lowest BCUT2D eigenvalue weighted by molar-refractivity contribution is -0.384. The van der Waals surface area contributed by atoms with E-state index >= 15 is 0 Å². The van der Waals surface area contributed by atoms with E-state index in [-0.39, 0.29) is 30.0 Å². The molecule has 4 rings (SSSR count). The molecule has 9 heteroatoms. The van der Waals surface area contributed by atoms with E-state index in [1.165, 1.54) is 17.0 Å². The monoisotopic (exact) mass is 480 g/mol. The zero-order valence-corrected chi connectivity index (χ0v) is 18.7. The van der Waals surface area contributed by atoms with Gasteiger partial charge in [0.1, 0.15) is 12.4 Å². The van der Waals surface area contributed by atoms with E-state index in [2.05, 4.69) is 0 Å². The van der Waals surface area contributed by atoms with Crippen LogP contribution >= 0.6 is 23.4 Å². The van der Waals surface area contributed by atoms with Crippen LogP contribution in [0.1, 0.15) is 16.7 Å². The van der Waals surface area contributed by atoms with Crippen LogP contribution in [0, 0.1) is 10.1 Å². The van der Waals surface area contributed by atoms with Crippen molar-refractivity contribution in [1.82, 2.24) is 4.90 Å². The first kappa shape index (κ1) is 22.6. The third-order valence-electron chi connectivity index (χ3n) is 4.86. The molecule has 2 amide bonds. The van der Waals surface area contributed by atoms with Gasteiger partial charge in [0.25, 0.3) is 16.8 Å². The van der Waals surface area contributed by atoms with Gasteiger partial charge in [-0.1, -0.05) is 35.9 Å². The largest absolute Gasteiger partial charge is 0.489 e. The Morgan fingerprint density at radius 1 is 0.939 bits per heavy atom. The van der Waals surface area contributed by atoms with Crippen molar-refractivity contribution in [3.8, 4) is 5.75 Å². The Kier molecular flexibility index (Phi) is 6.76. The second-order valence-electron chi connectivity index (χ2n) is 7.18. The molecule has 0 saturated carbocycles. The molecule has 0 atom stereocenters. The lowest BCUT2D eigenvalue weighted by Crippen LogP contribution is -2.27. The number of hydrogen-bond acceptors (Lipinski definition) is 6. The maximum Gasteiger partial charge on any atom is 0.293 e. The van der Waals surface area contributed by atoms with Crippen LogP contribution in [0.5, 0.6) is 5.75 Å². The number of non-ortho nitro benzene ring substituents is 1. The van der Waals surface area contributed by atoms with Crippen LogP contribution in [0.2, 0.25) is 5.02 Å². The summed E-state index contributed by atoms with van der Waals surface area (Å²) in [6.07, 6.45) is 1.67. The number of rotatable bonds is 7. The van der Waals surface area contributed by atoms with Gasteiger partial charge < -0.3 is 4.74 Å². The summed E-state index contributed by atoms with van der Waals surface area (Å²) in [5, 5.41) is 11.0. The van der Waals surface area contributed by atoms with Crippen molar-refractivity contribution >= 4 is 46.3 Å². The molecule has 166 valence electrons. The van der Waals surface area contributed by atoms with E-state index in [4.69, 9.17) is 16.3 Å². The maximum atomic E-state index is 12.7. The Balaban J connectivity index is 1.37. The van der Waals surface area contributed by atoms with Gasteiger partial charge in [-0.3, -0.25) is 24.6 Å².